The summed E-state index contributed by atoms with van der Waals surface area (Å²) in [6, 6.07) is 7.09. The second kappa shape index (κ2) is 8.68. The van der Waals surface area contributed by atoms with Gasteiger partial charge in [-0.1, -0.05) is 30.2 Å². The molecule has 2 heterocycles. The number of piperidine rings is 1. The summed E-state index contributed by atoms with van der Waals surface area (Å²) in [4.78, 5) is 31.2. The Bertz CT molecular complexity index is 616. The Morgan fingerprint density at radius 1 is 0.960 bits per heavy atom. The molecular formula is C19H26ClN3O2. The molecule has 136 valence electrons. The molecule has 0 saturated carbocycles. The van der Waals surface area contributed by atoms with Gasteiger partial charge in [-0.25, -0.2) is 0 Å². The first-order valence-corrected chi connectivity index (χ1v) is 9.57. The van der Waals surface area contributed by atoms with Gasteiger partial charge in [-0.15, -0.1) is 0 Å². The summed E-state index contributed by atoms with van der Waals surface area (Å²) in [5.41, 5.74) is 0.512. The van der Waals surface area contributed by atoms with Crippen molar-refractivity contribution in [1.82, 2.24) is 14.7 Å². The van der Waals surface area contributed by atoms with Crippen molar-refractivity contribution in [2.75, 3.05) is 45.8 Å². The maximum Gasteiger partial charge on any atom is 0.255 e. The summed E-state index contributed by atoms with van der Waals surface area (Å²) in [6.45, 7) is 5.59. The molecule has 0 atom stereocenters. The normalized spacial score (nSPS) is 19.8. The van der Waals surface area contributed by atoms with Crippen LogP contribution in [-0.4, -0.2) is 72.3 Å². The summed E-state index contributed by atoms with van der Waals surface area (Å²) in [5.74, 6) is 0.0581. The SMILES string of the molecule is O=C1CCN(C(=O)c2ccccc2Cl)CCN1CCN1CCCCC1. The van der Waals surface area contributed by atoms with Crippen molar-refractivity contribution in [2.24, 2.45) is 0 Å². The lowest BCUT2D eigenvalue weighted by atomic mass is 10.1. The van der Waals surface area contributed by atoms with Crippen LogP contribution in [0.1, 0.15) is 36.0 Å². The molecule has 0 N–H and O–H groups in total. The van der Waals surface area contributed by atoms with E-state index in [4.69, 9.17) is 11.6 Å². The Labute approximate surface area is 154 Å². The fraction of sp³-hybridized carbons (Fsp3) is 0.579. The molecule has 25 heavy (non-hydrogen) atoms. The Balaban J connectivity index is 1.56. The third-order valence-electron chi connectivity index (χ3n) is 5.11. The van der Waals surface area contributed by atoms with Crippen molar-refractivity contribution < 1.29 is 9.59 Å². The highest BCUT2D eigenvalue weighted by Crippen LogP contribution is 2.18. The second-order valence-electron chi connectivity index (χ2n) is 6.81. The topological polar surface area (TPSA) is 43.9 Å². The molecule has 0 aromatic heterocycles. The van der Waals surface area contributed by atoms with Crippen molar-refractivity contribution >= 4 is 23.4 Å². The number of nitrogens with zero attached hydrogens (tertiary/aromatic N) is 3. The minimum atomic E-state index is -0.0868. The third-order valence-corrected chi connectivity index (χ3v) is 5.44. The van der Waals surface area contributed by atoms with Gasteiger partial charge in [-0.2, -0.15) is 0 Å². The highest BCUT2D eigenvalue weighted by molar-refractivity contribution is 6.33. The number of halogens is 1. The van der Waals surface area contributed by atoms with Gasteiger partial charge in [-0.05, 0) is 38.1 Å². The van der Waals surface area contributed by atoms with Crippen LogP contribution in [0.25, 0.3) is 0 Å². The van der Waals surface area contributed by atoms with Gasteiger partial charge in [-0.3, -0.25) is 9.59 Å². The maximum absolute atomic E-state index is 12.7. The average Bonchev–Trinajstić information content (AvgIpc) is 2.82. The molecule has 1 aromatic rings. The van der Waals surface area contributed by atoms with E-state index < -0.39 is 0 Å². The number of amides is 2. The zero-order valence-electron chi connectivity index (χ0n) is 14.6. The molecule has 5 nitrogen and oxygen atoms in total. The van der Waals surface area contributed by atoms with Gasteiger partial charge in [0, 0.05) is 39.1 Å². The highest BCUT2D eigenvalue weighted by atomic mass is 35.5. The van der Waals surface area contributed by atoms with Gasteiger partial charge >= 0.3 is 0 Å². The number of carbonyl (C=O) groups is 2. The standard InChI is InChI=1S/C19H26ClN3O2/c20-17-7-3-2-6-16(17)19(25)23-11-8-18(24)22(14-15-23)13-12-21-9-4-1-5-10-21/h2-3,6-7H,1,4-5,8-15H2. The Hall–Kier alpha value is -1.59. The van der Waals surface area contributed by atoms with Crippen LogP contribution in [0.3, 0.4) is 0 Å². The van der Waals surface area contributed by atoms with E-state index in [1.807, 2.05) is 17.0 Å². The predicted octanol–water partition coefficient (Wildman–Crippen LogP) is 2.50. The molecule has 0 spiro atoms. The van der Waals surface area contributed by atoms with Crippen LogP contribution in [0.5, 0.6) is 0 Å². The van der Waals surface area contributed by atoms with E-state index in [2.05, 4.69) is 4.90 Å². The summed E-state index contributed by atoms with van der Waals surface area (Å²) >= 11 is 6.14. The zero-order valence-corrected chi connectivity index (χ0v) is 15.4. The minimum Gasteiger partial charge on any atom is -0.340 e. The monoisotopic (exact) mass is 363 g/mol. The van der Waals surface area contributed by atoms with E-state index in [1.54, 1.807) is 17.0 Å². The van der Waals surface area contributed by atoms with Crippen molar-refractivity contribution in [3.05, 3.63) is 34.9 Å². The molecule has 0 radical (unpaired) electrons. The van der Waals surface area contributed by atoms with Gasteiger partial charge in [0.15, 0.2) is 0 Å². The fourth-order valence-corrected chi connectivity index (χ4v) is 3.77. The van der Waals surface area contributed by atoms with Crippen LogP contribution < -0.4 is 0 Å². The summed E-state index contributed by atoms with van der Waals surface area (Å²) in [7, 11) is 0. The van der Waals surface area contributed by atoms with Crippen LogP contribution in [0, 0.1) is 0 Å². The number of benzene rings is 1. The molecular weight excluding hydrogens is 338 g/mol. The smallest absolute Gasteiger partial charge is 0.255 e. The number of hydrogen-bond donors (Lipinski definition) is 0. The lowest BCUT2D eigenvalue weighted by Gasteiger charge is -2.29. The van der Waals surface area contributed by atoms with Crippen molar-refractivity contribution in [2.45, 2.75) is 25.7 Å². The zero-order chi connectivity index (χ0) is 17.6. The van der Waals surface area contributed by atoms with Crippen molar-refractivity contribution in [1.29, 1.82) is 0 Å². The van der Waals surface area contributed by atoms with Gasteiger partial charge in [0.05, 0.1) is 10.6 Å². The van der Waals surface area contributed by atoms with E-state index in [0.29, 0.717) is 36.6 Å². The number of carbonyl (C=O) groups excluding carboxylic acids is 2. The van der Waals surface area contributed by atoms with Gasteiger partial charge in [0.25, 0.3) is 5.91 Å². The number of likely N-dealkylation sites (tertiary alicyclic amines) is 1. The third kappa shape index (κ3) is 4.73. The lowest BCUT2D eigenvalue weighted by molar-refractivity contribution is -0.130. The Morgan fingerprint density at radius 3 is 2.48 bits per heavy atom. The second-order valence-corrected chi connectivity index (χ2v) is 7.21. The number of hydrogen-bond acceptors (Lipinski definition) is 3. The average molecular weight is 364 g/mol. The van der Waals surface area contributed by atoms with E-state index in [1.165, 1.54) is 19.3 Å². The molecule has 3 rings (SSSR count). The van der Waals surface area contributed by atoms with E-state index in [9.17, 15) is 9.59 Å². The van der Waals surface area contributed by atoms with Crippen LogP contribution in [0.2, 0.25) is 5.02 Å². The minimum absolute atomic E-state index is 0.0868. The molecule has 2 fully saturated rings. The molecule has 0 unspecified atom stereocenters. The first kappa shape index (κ1) is 18.2. The lowest BCUT2D eigenvalue weighted by Crippen LogP contribution is -2.41. The Morgan fingerprint density at radius 2 is 1.72 bits per heavy atom. The van der Waals surface area contributed by atoms with Crippen LogP contribution in [0.15, 0.2) is 24.3 Å². The van der Waals surface area contributed by atoms with Crippen molar-refractivity contribution in [3.8, 4) is 0 Å². The molecule has 2 amide bonds. The Kier molecular flexibility index (Phi) is 6.32. The summed E-state index contributed by atoms with van der Waals surface area (Å²) in [5, 5.41) is 0.463. The molecule has 2 aliphatic rings. The summed E-state index contributed by atoms with van der Waals surface area (Å²) in [6.07, 6.45) is 4.22. The van der Waals surface area contributed by atoms with Gasteiger partial charge in [0.2, 0.25) is 5.91 Å². The quantitative estimate of drug-likeness (QED) is 0.825. The highest BCUT2D eigenvalue weighted by Gasteiger charge is 2.25. The molecule has 1 aromatic carbocycles. The van der Waals surface area contributed by atoms with Gasteiger partial charge < -0.3 is 14.7 Å². The van der Waals surface area contributed by atoms with E-state index in [-0.39, 0.29) is 11.8 Å². The molecule has 0 aliphatic carbocycles. The van der Waals surface area contributed by atoms with E-state index >= 15 is 0 Å². The largest absolute Gasteiger partial charge is 0.340 e. The van der Waals surface area contributed by atoms with Crippen LogP contribution in [0.4, 0.5) is 0 Å². The molecule has 0 bridgehead atoms. The first-order chi connectivity index (χ1) is 12.1. The molecule has 2 aliphatic heterocycles. The van der Waals surface area contributed by atoms with Gasteiger partial charge in [0.1, 0.15) is 0 Å². The number of rotatable bonds is 4. The maximum atomic E-state index is 12.7. The molecule has 2 saturated heterocycles. The molecule has 6 heteroatoms. The fourth-order valence-electron chi connectivity index (χ4n) is 3.56. The van der Waals surface area contributed by atoms with Crippen LogP contribution in [-0.2, 0) is 4.79 Å². The summed E-state index contributed by atoms with van der Waals surface area (Å²) < 4.78 is 0. The van der Waals surface area contributed by atoms with Crippen LogP contribution >= 0.6 is 11.6 Å². The van der Waals surface area contributed by atoms with E-state index in [0.717, 1.165) is 26.2 Å². The predicted molar refractivity (Wildman–Crippen MR) is 98.8 cm³/mol. The van der Waals surface area contributed by atoms with Crippen molar-refractivity contribution in [3.63, 3.8) is 0 Å². The first-order valence-electron chi connectivity index (χ1n) is 9.19.